The minimum absolute atomic E-state index is 0.225. The van der Waals surface area contributed by atoms with Crippen LogP contribution in [0.5, 0.6) is 5.75 Å². The highest BCUT2D eigenvalue weighted by molar-refractivity contribution is 5.86. The van der Waals surface area contributed by atoms with E-state index >= 15 is 0 Å². The van der Waals surface area contributed by atoms with Crippen LogP contribution in [-0.2, 0) is 13.0 Å². The second-order valence-corrected chi connectivity index (χ2v) is 5.36. The lowest BCUT2D eigenvalue weighted by molar-refractivity contribution is 0.215. The van der Waals surface area contributed by atoms with Gasteiger partial charge in [0.15, 0.2) is 0 Å². The first-order valence-corrected chi connectivity index (χ1v) is 8.04. The molecule has 0 bridgehead atoms. The van der Waals surface area contributed by atoms with Crippen molar-refractivity contribution >= 4 is 11.9 Å². The molecule has 6 heteroatoms. The third-order valence-electron chi connectivity index (χ3n) is 3.73. The number of hydrogen-bond acceptors (Lipinski definition) is 4. The van der Waals surface area contributed by atoms with E-state index in [1.807, 2.05) is 43.3 Å². The Balaban J connectivity index is 1.93. The molecule has 0 radical (unpaired) electrons. The van der Waals surface area contributed by atoms with Crippen LogP contribution in [0, 0.1) is 0 Å². The van der Waals surface area contributed by atoms with Crippen LogP contribution in [0.4, 0.5) is 10.6 Å². The summed E-state index contributed by atoms with van der Waals surface area (Å²) in [5, 5.41) is 17.0. The molecule has 0 spiro atoms. The van der Waals surface area contributed by atoms with Crippen molar-refractivity contribution in [2.24, 2.45) is 0 Å². The molecular weight excluding hydrogens is 318 g/mol. The smallest absolute Gasteiger partial charge is 0.410 e. The first kappa shape index (κ1) is 16.7. The number of carbonyl (C=O) groups excluding carboxylic acids is 1. The predicted octanol–water partition coefficient (Wildman–Crippen LogP) is 3.54. The highest BCUT2D eigenvalue weighted by atomic mass is 16.6. The number of amides is 1. The van der Waals surface area contributed by atoms with E-state index in [2.05, 4.69) is 10.4 Å². The van der Waals surface area contributed by atoms with Crippen molar-refractivity contribution in [1.82, 2.24) is 9.78 Å². The van der Waals surface area contributed by atoms with Gasteiger partial charge >= 0.3 is 6.09 Å². The molecule has 0 aliphatic rings. The predicted molar refractivity (Wildman–Crippen MR) is 95.0 cm³/mol. The molecule has 3 aromatic rings. The van der Waals surface area contributed by atoms with E-state index in [-0.39, 0.29) is 6.61 Å². The van der Waals surface area contributed by atoms with Gasteiger partial charge in [-0.25, -0.2) is 9.48 Å². The number of para-hydroxylation sites is 2. The molecular formula is C19H19N3O3. The zero-order chi connectivity index (χ0) is 17.6. The third-order valence-corrected chi connectivity index (χ3v) is 3.73. The van der Waals surface area contributed by atoms with Crippen LogP contribution < -0.4 is 10.1 Å². The number of nitrogens with one attached hydrogen (secondary N) is 1. The highest BCUT2D eigenvalue weighted by Gasteiger charge is 2.20. The van der Waals surface area contributed by atoms with Crippen molar-refractivity contribution < 1.29 is 14.6 Å². The summed E-state index contributed by atoms with van der Waals surface area (Å²) in [6, 6.07) is 18.2. The fourth-order valence-corrected chi connectivity index (χ4v) is 2.55. The molecule has 128 valence electrons. The monoisotopic (exact) mass is 337 g/mol. The van der Waals surface area contributed by atoms with Gasteiger partial charge in [0.2, 0.25) is 0 Å². The van der Waals surface area contributed by atoms with Crippen LogP contribution in [0.3, 0.4) is 0 Å². The van der Waals surface area contributed by atoms with E-state index in [9.17, 15) is 9.90 Å². The first-order chi connectivity index (χ1) is 12.2. The average Bonchev–Trinajstić information content (AvgIpc) is 3.00. The fourth-order valence-electron chi connectivity index (χ4n) is 2.55. The Bertz CT molecular complexity index is 845. The number of carbonyl (C=O) groups is 1. The van der Waals surface area contributed by atoms with E-state index in [0.29, 0.717) is 23.6 Å². The molecule has 0 aliphatic carbocycles. The molecule has 0 atom stereocenters. The molecule has 1 aromatic heterocycles. The summed E-state index contributed by atoms with van der Waals surface area (Å²) in [4.78, 5) is 12.3. The molecule has 1 heterocycles. The van der Waals surface area contributed by atoms with Gasteiger partial charge < -0.3 is 9.84 Å². The Kier molecular flexibility index (Phi) is 5.11. The zero-order valence-electron chi connectivity index (χ0n) is 13.8. The van der Waals surface area contributed by atoms with Crippen LogP contribution in [0.2, 0.25) is 0 Å². The van der Waals surface area contributed by atoms with Crippen LogP contribution in [-0.4, -0.2) is 21.0 Å². The Hall–Kier alpha value is -3.12. The Morgan fingerprint density at radius 1 is 1.12 bits per heavy atom. The lowest BCUT2D eigenvalue weighted by Crippen LogP contribution is -2.20. The molecule has 0 unspecified atom stereocenters. The number of aliphatic hydroxyl groups excluding tert-OH is 1. The number of anilines is 1. The van der Waals surface area contributed by atoms with Gasteiger partial charge in [0.25, 0.3) is 0 Å². The number of rotatable bonds is 5. The Morgan fingerprint density at radius 3 is 2.36 bits per heavy atom. The molecule has 3 rings (SSSR count). The van der Waals surface area contributed by atoms with Gasteiger partial charge in [-0.3, -0.25) is 5.32 Å². The quantitative estimate of drug-likeness (QED) is 0.746. The molecule has 2 N–H and O–H groups in total. The van der Waals surface area contributed by atoms with Crippen molar-refractivity contribution in [3.8, 4) is 11.4 Å². The number of nitrogens with zero attached hydrogens (tertiary/aromatic N) is 2. The van der Waals surface area contributed by atoms with E-state index < -0.39 is 6.09 Å². The van der Waals surface area contributed by atoms with Crippen LogP contribution >= 0.6 is 0 Å². The van der Waals surface area contributed by atoms with Crippen LogP contribution in [0.1, 0.15) is 18.2 Å². The number of benzene rings is 2. The van der Waals surface area contributed by atoms with E-state index in [1.54, 1.807) is 28.9 Å². The first-order valence-electron chi connectivity index (χ1n) is 8.04. The number of aromatic nitrogens is 2. The molecule has 6 nitrogen and oxygen atoms in total. The second kappa shape index (κ2) is 7.63. The van der Waals surface area contributed by atoms with E-state index in [1.165, 1.54) is 0 Å². The van der Waals surface area contributed by atoms with Gasteiger partial charge in [0.05, 0.1) is 18.0 Å². The van der Waals surface area contributed by atoms with Crippen LogP contribution in [0.15, 0.2) is 60.7 Å². The van der Waals surface area contributed by atoms with Crippen molar-refractivity contribution in [2.45, 2.75) is 20.0 Å². The van der Waals surface area contributed by atoms with Crippen molar-refractivity contribution in [3.05, 3.63) is 71.9 Å². The molecule has 0 aliphatic heterocycles. The van der Waals surface area contributed by atoms with Gasteiger partial charge in [-0.1, -0.05) is 43.3 Å². The van der Waals surface area contributed by atoms with E-state index in [0.717, 1.165) is 11.4 Å². The number of aliphatic hydroxyl groups is 1. The summed E-state index contributed by atoms with van der Waals surface area (Å²) in [5.41, 5.74) is 2.09. The normalized spacial score (nSPS) is 10.5. The SMILES string of the molecule is CCc1nn(-c2ccccc2)c(NC(=O)Oc2ccccc2)c1CO. The summed E-state index contributed by atoms with van der Waals surface area (Å²) in [5.74, 6) is 0.846. The van der Waals surface area contributed by atoms with E-state index in [4.69, 9.17) is 4.74 Å². The average molecular weight is 337 g/mol. The molecule has 0 saturated carbocycles. The van der Waals surface area contributed by atoms with Gasteiger partial charge in [-0.05, 0) is 30.7 Å². The minimum Gasteiger partial charge on any atom is -0.410 e. The maximum absolute atomic E-state index is 12.3. The highest BCUT2D eigenvalue weighted by Crippen LogP contribution is 2.25. The lowest BCUT2D eigenvalue weighted by atomic mass is 10.2. The van der Waals surface area contributed by atoms with Gasteiger partial charge in [-0.2, -0.15) is 5.10 Å². The molecule has 25 heavy (non-hydrogen) atoms. The van der Waals surface area contributed by atoms with Gasteiger partial charge in [-0.15, -0.1) is 0 Å². The Morgan fingerprint density at radius 2 is 1.76 bits per heavy atom. The summed E-state index contributed by atoms with van der Waals surface area (Å²) >= 11 is 0. The molecule has 2 aromatic carbocycles. The molecule has 1 amide bonds. The minimum atomic E-state index is -0.638. The maximum Gasteiger partial charge on any atom is 0.418 e. The van der Waals surface area contributed by atoms with Crippen molar-refractivity contribution in [1.29, 1.82) is 0 Å². The molecule has 0 fully saturated rings. The van der Waals surface area contributed by atoms with Crippen LogP contribution in [0.25, 0.3) is 5.69 Å². The van der Waals surface area contributed by atoms with Gasteiger partial charge in [0, 0.05) is 5.56 Å². The summed E-state index contributed by atoms with van der Waals surface area (Å²) < 4.78 is 6.89. The second-order valence-electron chi connectivity index (χ2n) is 5.36. The Labute approximate surface area is 145 Å². The summed E-state index contributed by atoms with van der Waals surface area (Å²) in [6.45, 7) is 1.72. The molecule has 0 saturated heterocycles. The maximum atomic E-state index is 12.3. The topological polar surface area (TPSA) is 76.4 Å². The third kappa shape index (κ3) is 3.70. The zero-order valence-corrected chi connectivity index (χ0v) is 13.8. The van der Waals surface area contributed by atoms with Crippen molar-refractivity contribution in [3.63, 3.8) is 0 Å². The standard InChI is InChI=1S/C19H19N3O3/c1-2-17-16(13-23)18(22(21-17)14-9-5-3-6-10-14)20-19(24)25-15-11-7-4-8-12-15/h3-12,23H,2,13H2,1H3,(H,20,24). The summed E-state index contributed by atoms with van der Waals surface area (Å²) in [6.07, 6.45) is -0.00126. The lowest BCUT2D eigenvalue weighted by Gasteiger charge is -2.11. The number of aryl methyl sites for hydroxylation is 1. The largest absolute Gasteiger partial charge is 0.418 e. The number of ether oxygens (including phenoxy) is 1. The summed E-state index contributed by atoms with van der Waals surface area (Å²) in [7, 11) is 0. The van der Waals surface area contributed by atoms with Crippen molar-refractivity contribution in [2.75, 3.05) is 5.32 Å². The van der Waals surface area contributed by atoms with Gasteiger partial charge in [0.1, 0.15) is 11.6 Å². The number of hydrogen-bond donors (Lipinski definition) is 2. The fraction of sp³-hybridized carbons (Fsp3) is 0.158.